The average molecular weight is 194 g/mol. The molecule has 0 aliphatic rings. The lowest BCUT2D eigenvalue weighted by Crippen LogP contribution is -2.23. The number of hydrogen-bond acceptors (Lipinski definition) is 3. The second kappa shape index (κ2) is 4.60. The fourth-order valence-electron chi connectivity index (χ4n) is 0.924. The number of hydrogen-bond donors (Lipinski definition) is 1. The van der Waals surface area contributed by atoms with Crippen molar-refractivity contribution in [3.8, 4) is 0 Å². The summed E-state index contributed by atoms with van der Waals surface area (Å²) < 4.78 is 4.99. The van der Waals surface area contributed by atoms with Gasteiger partial charge < -0.3 is 9.84 Å². The molecule has 0 aromatic carbocycles. The lowest BCUT2D eigenvalue weighted by Gasteiger charge is -1.96. The van der Waals surface area contributed by atoms with Crippen molar-refractivity contribution >= 4 is 5.91 Å². The molecule has 0 unspecified atom stereocenters. The van der Waals surface area contributed by atoms with E-state index in [1.807, 2.05) is 13.8 Å². The van der Waals surface area contributed by atoms with Crippen molar-refractivity contribution in [2.75, 3.05) is 6.54 Å². The monoisotopic (exact) mass is 194 g/mol. The van der Waals surface area contributed by atoms with E-state index in [1.165, 1.54) is 0 Å². The van der Waals surface area contributed by atoms with Crippen LogP contribution in [-0.4, -0.2) is 17.6 Å². The Morgan fingerprint density at radius 3 is 3.00 bits per heavy atom. The highest BCUT2D eigenvalue weighted by Crippen LogP contribution is 2.14. The minimum absolute atomic E-state index is 0.236. The Balaban J connectivity index is 2.66. The van der Waals surface area contributed by atoms with Gasteiger partial charge in [-0.1, -0.05) is 25.1 Å². The third kappa shape index (κ3) is 2.45. The quantitative estimate of drug-likeness (QED) is 0.742. The summed E-state index contributed by atoms with van der Waals surface area (Å²) >= 11 is 0. The number of carbonyl (C=O) groups is 1. The molecule has 1 aromatic rings. The van der Waals surface area contributed by atoms with Crippen LogP contribution in [0.5, 0.6) is 0 Å². The normalized spacial score (nSPS) is 10.2. The lowest BCUT2D eigenvalue weighted by atomic mass is 10.1. The molecule has 14 heavy (non-hydrogen) atoms. The highest BCUT2D eigenvalue weighted by Gasteiger charge is 2.13. The zero-order chi connectivity index (χ0) is 10.6. The zero-order valence-corrected chi connectivity index (χ0v) is 8.41. The van der Waals surface area contributed by atoms with Crippen LogP contribution in [0.25, 0.3) is 0 Å². The molecule has 0 fully saturated rings. The highest BCUT2D eigenvalue weighted by atomic mass is 16.5. The first-order chi connectivity index (χ1) is 6.65. The maximum absolute atomic E-state index is 11.4. The Hall–Kier alpha value is -1.58. The van der Waals surface area contributed by atoms with E-state index in [4.69, 9.17) is 4.52 Å². The summed E-state index contributed by atoms with van der Waals surface area (Å²) in [4.78, 5) is 11.4. The molecule has 0 radical (unpaired) electrons. The van der Waals surface area contributed by atoms with Crippen LogP contribution in [0.15, 0.2) is 23.2 Å². The van der Waals surface area contributed by atoms with E-state index in [0.29, 0.717) is 18.0 Å². The van der Waals surface area contributed by atoms with Gasteiger partial charge in [0.05, 0.1) is 0 Å². The number of carbonyl (C=O) groups excluding carboxylic acids is 1. The summed E-state index contributed by atoms with van der Waals surface area (Å²) in [5.74, 6) is 0.720. The van der Waals surface area contributed by atoms with E-state index in [2.05, 4.69) is 17.1 Å². The molecule has 0 saturated carbocycles. The maximum Gasteiger partial charge on any atom is 0.273 e. The second-order valence-corrected chi connectivity index (χ2v) is 3.27. The van der Waals surface area contributed by atoms with E-state index in [1.54, 1.807) is 12.1 Å². The van der Waals surface area contributed by atoms with Crippen LogP contribution < -0.4 is 5.32 Å². The van der Waals surface area contributed by atoms with Crippen molar-refractivity contribution in [2.24, 2.45) is 0 Å². The minimum atomic E-state index is -0.236. The first-order valence-electron chi connectivity index (χ1n) is 4.51. The third-order valence-corrected chi connectivity index (χ3v) is 1.74. The van der Waals surface area contributed by atoms with Crippen LogP contribution in [-0.2, 0) is 0 Å². The second-order valence-electron chi connectivity index (χ2n) is 3.27. The number of nitrogens with one attached hydrogen (secondary N) is 1. The lowest BCUT2D eigenvalue weighted by molar-refractivity contribution is 0.0949. The van der Waals surface area contributed by atoms with Crippen LogP contribution in [0.2, 0.25) is 0 Å². The molecule has 0 aliphatic heterocycles. The molecule has 0 atom stereocenters. The minimum Gasteiger partial charge on any atom is -0.360 e. The van der Waals surface area contributed by atoms with Crippen LogP contribution >= 0.6 is 0 Å². The van der Waals surface area contributed by atoms with Crippen molar-refractivity contribution in [2.45, 2.75) is 19.8 Å². The summed E-state index contributed by atoms with van der Waals surface area (Å²) in [5.41, 5.74) is 0.315. The van der Waals surface area contributed by atoms with E-state index in [0.717, 1.165) is 0 Å². The van der Waals surface area contributed by atoms with Gasteiger partial charge in [0, 0.05) is 18.5 Å². The van der Waals surface area contributed by atoms with Crippen molar-refractivity contribution in [1.82, 2.24) is 10.5 Å². The first-order valence-corrected chi connectivity index (χ1v) is 4.51. The van der Waals surface area contributed by atoms with Gasteiger partial charge in [-0.25, -0.2) is 0 Å². The summed E-state index contributed by atoms with van der Waals surface area (Å²) in [6, 6.07) is 1.66. The van der Waals surface area contributed by atoms with Gasteiger partial charge in [0.25, 0.3) is 5.91 Å². The fourth-order valence-corrected chi connectivity index (χ4v) is 0.924. The average Bonchev–Trinajstić information content (AvgIpc) is 2.62. The molecular formula is C10H14N2O2. The Morgan fingerprint density at radius 2 is 2.50 bits per heavy atom. The Bertz CT molecular complexity index is 329. The standard InChI is InChI=1S/C10H14N2O2/c1-4-5-11-10(13)8-6-9(7(2)3)14-12-8/h4,6-7H,1,5H2,2-3H3,(H,11,13). The molecule has 0 spiro atoms. The van der Waals surface area contributed by atoms with E-state index in [9.17, 15) is 4.79 Å². The number of nitrogens with zero attached hydrogens (tertiary/aromatic N) is 1. The van der Waals surface area contributed by atoms with Crippen LogP contribution in [0.4, 0.5) is 0 Å². The number of amides is 1. The summed E-state index contributed by atoms with van der Waals surface area (Å²) in [6.45, 7) is 7.89. The molecular weight excluding hydrogens is 180 g/mol. The topological polar surface area (TPSA) is 55.1 Å². The Kier molecular flexibility index (Phi) is 3.45. The van der Waals surface area contributed by atoms with E-state index in [-0.39, 0.29) is 11.8 Å². The molecule has 1 rings (SSSR count). The molecule has 4 heteroatoms. The molecule has 1 N–H and O–H groups in total. The van der Waals surface area contributed by atoms with Crippen LogP contribution in [0, 0.1) is 0 Å². The number of aromatic nitrogens is 1. The van der Waals surface area contributed by atoms with Gasteiger partial charge >= 0.3 is 0 Å². The van der Waals surface area contributed by atoms with Gasteiger partial charge in [-0.3, -0.25) is 4.79 Å². The van der Waals surface area contributed by atoms with Crippen molar-refractivity contribution < 1.29 is 9.32 Å². The van der Waals surface area contributed by atoms with Crippen LogP contribution in [0.1, 0.15) is 36.0 Å². The molecule has 0 aliphatic carbocycles. The molecule has 76 valence electrons. The largest absolute Gasteiger partial charge is 0.360 e. The predicted molar refractivity (Wildman–Crippen MR) is 53.1 cm³/mol. The van der Waals surface area contributed by atoms with Crippen LogP contribution in [0.3, 0.4) is 0 Å². The molecule has 1 amide bonds. The van der Waals surface area contributed by atoms with Crippen molar-refractivity contribution in [1.29, 1.82) is 0 Å². The van der Waals surface area contributed by atoms with E-state index < -0.39 is 0 Å². The third-order valence-electron chi connectivity index (χ3n) is 1.74. The van der Waals surface area contributed by atoms with Gasteiger partial charge in [0.15, 0.2) is 5.69 Å². The number of rotatable bonds is 4. The predicted octanol–water partition coefficient (Wildman–Crippen LogP) is 1.71. The summed E-state index contributed by atoms with van der Waals surface area (Å²) in [6.07, 6.45) is 1.61. The smallest absolute Gasteiger partial charge is 0.273 e. The maximum atomic E-state index is 11.4. The Morgan fingerprint density at radius 1 is 1.79 bits per heavy atom. The molecule has 0 bridgehead atoms. The fraction of sp³-hybridized carbons (Fsp3) is 0.400. The van der Waals surface area contributed by atoms with Crippen molar-refractivity contribution in [3.05, 3.63) is 30.2 Å². The summed E-state index contributed by atoms with van der Waals surface area (Å²) in [7, 11) is 0. The van der Waals surface area contributed by atoms with E-state index >= 15 is 0 Å². The molecule has 1 heterocycles. The van der Waals surface area contributed by atoms with Gasteiger partial charge in [-0.05, 0) is 0 Å². The molecule has 4 nitrogen and oxygen atoms in total. The van der Waals surface area contributed by atoms with Gasteiger partial charge in [0.2, 0.25) is 0 Å². The Labute approximate surface area is 83.0 Å². The van der Waals surface area contributed by atoms with Crippen molar-refractivity contribution in [3.63, 3.8) is 0 Å². The first kappa shape index (κ1) is 10.5. The molecule has 1 aromatic heterocycles. The zero-order valence-electron chi connectivity index (χ0n) is 8.41. The van der Waals surface area contributed by atoms with Gasteiger partial charge in [0.1, 0.15) is 5.76 Å². The molecule has 0 saturated heterocycles. The SMILES string of the molecule is C=CCNC(=O)c1cc(C(C)C)on1. The van der Waals surface area contributed by atoms with Gasteiger partial charge in [-0.2, -0.15) is 0 Å². The highest BCUT2D eigenvalue weighted by molar-refractivity contribution is 5.92. The summed E-state index contributed by atoms with van der Waals surface area (Å²) in [5, 5.41) is 6.29. The van der Waals surface area contributed by atoms with Gasteiger partial charge in [-0.15, -0.1) is 6.58 Å².